The summed E-state index contributed by atoms with van der Waals surface area (Å²) >= 11 is 5.96. The summed E-state index contributed by atoms with van der Waals surface area (Å²) in [6.07, 6.45) is 1.25. The summed E-state index contributed by atoms with van der Waals surface area (Å²) in [7, 11) is 2.04. The van der Waals surface area contributed by atoms with Gasteiger partial charge in [0.1, 0.15) is 0 Å². The Morgan fingerprint density at radius 3 is 3.07 bits per heavy atom. The lowest BCUT2D eigenvalue weighted by molar-refractivity contribution is 0.322. The maximum absolute atomic E-state index is 5.96. The van der Waals surface area contributed by atoms with Crippen molar-refractivity contribution in [1.29, 1.82) is 0 Å². The van der Waals surface area contributed by atoms with E-state index in [2.05, 4.69) is 16.3 Å². The molecule has 1 aromatic carbocycles. The molecule has 1 saturated heterocycles. The first-order valence-electron chi connectivity index (χ1n) is 5.42. The number of nitrogens with one attached hydrogen (secondary N) is 1. The predicted molar refractivity (Wildman–Crippen MR) is 64.2 cm³/mol. The quantitative estimate of drug-likeness (QED) is 0.847. The molecule has 1 aromatic rings. The minimum atomic E-state index is 0.657. The zero-order valence-electron chi connectivity index (χ0n) is 9.04. The number of rotatable bonds is 3. The van der Waals surface area contributed by atoms with Crippen molar-refractivity contribution in [3.8, 4) is 0 Å². The van der Waals surface area contributed by atoms with Crippen molar-refractivity contribution in [2.24, 2.45) is 0 Å². The Balaban J connectivity index is 1.92. The van der Waals surface area contributed by atoms with Crippen LogP contribution in [0.25, 0.3) is 0 Å². The standard InChI is InChI=1S/C12H17ClN2/c1-14-12-5-6-15(9-12)8-10-3-2-4-11(13)7-10/h2-4,7,12,14H,5-6,8-9H2,1H3. The summed E-state index contributed by atoms with van der Waals surface area (Å²) in [4.78, 5) is 2.47. The van der Waals surface area contributed by atoms with Crippen molar-refractivity contribution in [1.82, 2.24) is 10.2 Å². The molecule has 1 atom stereocenters. The van der Waals surface area contributed by atoms with Gasteiger partial charge in [0.2, 0.25) is 0 Å². The number of likely N-dealkylation sites (tertiary alicyclic amines) is 1. The summed E-state index contributed by atoms with van der Waals surface area (Å²) in [5.74, 6) is 0. The molecule has 3 heteroatoms. The normalized spacial score (nSPS) is 22.1. The first-order chi connectivity index (χ1) is 7.28. The lowest BCUT2D eigenvalue weighted by Crippen LogP contribution is -2.29. The van der Waals surface area contributed by atoms with Gasteiger partial charge in [-0.25, -0.2) is 0 Å². The molecular weight excluding hydrogens is 208 g/mol. The van der Waals surface area contributed by atoms with E-state index >= 15 is 0 Å². The molecule has 82 valence electrons. The maximum Gasteiger partial charge on any atom is 0.0409 e. The van der Waals surface area contributed by atoms with Crippen LogP contribution in [0.5, 0.6) is 0 Å². The molecule has 2 nitrogen and oxygen atoms in total. The molecule has 0 amide bonds. The van der Waals surface area contributed by atoms with Gasteiger partial charge in [-0.05, 0) is 31.2 Å². The van der Waals surface area contributed by atoms with Crippen molar-refractivity contribution in [3.05, 3.63) is 34.9 Å². The largest absolute Gasteiger partial charge is 0.316 e. The van der Waals surface area contributed by atoms with Crippen molar-refractivity contribution in [2.45, 2.75) is 19.0 Å². The third-order valence-electron chi connectivity index (χ3n) is 2.98. The highest BCUT2D eigenvalue weighted by atomic mass is 35.5. The van der Waals surface area contributed by atoms with E-state index < -0.39 is 0 Å². The number of nitrogens with zero attached hydrogens (tertiary/aromatic N) is 1. The van der Waals surface area contributed by atoms with Crippen LogP contribution in [0.2, 0.25) is 5.02 Å². The molecule has 15 heavy (non-hydrogen) atoms. The topological polar surface area (TPSA) is 15.3 Å². The molecule has 1 fully saturated rings. The molecule has 1 heterocycles. The molecular formula is C12H17ClN2. The Morgan fingerprint density at radius 2 is 2.40 bits per heavy atom. The molecule has 0 bridgehead atoms. The Bertz CT molecular complexity index is 327. The van der Waals surface area contributed by atoms with E-state index in [1.165, 1.54) is 18.5 Å². The number of likely N-dealkylation sites (N-methyl/N-ethyl adjacent to an activating group) is 1. The van der Waals surface area contributed by atoms with Crippen LogP contribution in [0.1, 0.15) is 12.0 Å². The van der Waals surface area contributed by atoms with Gasteiger partial charge in [0.15, 0.2) is 0 Å². The van der Waals surface area contributed by atoms with Gasteiger partial charge in [-0.2, -0.15) is 0 Å². The third kappa shape index (κ3) is 2.94. The van der Waals surface area contributed by atoms with E-state index in [4.69, 9.17) is 11.6 Å². The number of hydrogen-bond donors (Lipinski definition) is 1. The van der Waals surface area contributed by atoms with Gasteiger partial charge >= 0.3 is 0 Å². The fourth-order valence-electron chi connectivity index (χ4n) is 2.11. The minimum Gasteiger partial charge on any atom is -0.316 e. The molecule has 1 aliphatic rings. The molecule has 2 rings (SSSR count). The van der Waals surface area contributed by atoms with Crippen LogP contribution < -0.4 is 5.32 Å². The number of benzene rings is 1. The predicted octanol–water partition coefficient (Wildman–Crippen LogP) is 2.13. The van der Waals surface area contributed by atoms with Crippen molar-refractivity contribution >= 4 is 11.6 Å². The van der Waals surface area contributed by atoms with Gasteiger partial charge in [-0.3, -0.25) is 4.90 Å². The van der Waals surface area contributed by atoms with Crippen molar-refractivity contribution in [3.63, 3.8) is 0 Å². The molecule has 1 aliphatic heterocycles. The Hall–Kier alpha value is -0.570. The van der Waals surface area contributed by atoms with Gasteiger partial charge in [0.05, 0.1) is 0 Å². The van der Waals surface area contributed by atoms with Crippen LogP contribution in [0, 0.1) is 0 Å². The Labute approximate surface area is 96.2 Å². The van der Waals surface area contributed by atoms with Crippen LogP contribution >= 0.6 is 11.6 Å². The molecule has 1 N–H and O–H groups in total. The SMILES string of the molecule is CNC1CCN(Cc2cccc(Cl)c2)C1. The van der Waals surface area contributed by atoms with E-state index in [-0.39, 0.29) is 0 Å². The second-order valence-corrected chi connectivity index (χ2v) is 4.58. The van der Waals surface area contributed by atoms with E-state index in [1.807, 2.05) is 25.2 Å². The van der Waals surface area contributed by atoms with Crippen LogP contribution in [0.4, 0.5) is 0 Å². The molecule has 0 radical (unpaired) electrons. The lowest BCUT2D eigenvalue weighted by atomic mass is 10.2. The summed E-state index contributed by atoms with van der Waals surface area (Å²) in [5.41, 5.74) is 1.30. The highest BCUT2D eigenvalue weighted by Gasteiger charge is 2.20. The molecule has 0 aromatic heterocycles. The van der Waals surface area contributed by atoms with E-state index in [9.17, 15) is 0 Å². The smallest absolute Gasteiger partial charge is 0.0409 e. The van der Waals surface area contributed by atoms with Crippen molar-refractivity contribution < 1.29 is 0 Å². The summed E-state index contributed by atoms with van der Waals surface area (Å²) < 4.78 is 0. The number of halogens is 1. The zero-order chi connectivity index (χ0) is 10.7. The van der Waals surface area contributed by atoms with Gasteiger partial charge in [0.25, 0.3) is 0 Å². The average Bonchev–Trinajstić information content (AvgIpc) is 2.65. The van der Waals surface area contributed by atoms with Crippen LogP contribution in [-0.2, 0) is 6.54 Å². The molecule has 0 saturated carbocycles. The molecule has 0 spiro atoms. The first-order valence-corrected chi connectivity index (χ1v) is 5.80. The second-order valence-electron chi connectivity index (χ2n) is 4.14. The lowest BCUT2D eigenvalue weighted by Gasteiger charge is -2.15. The van der Waals surface area contributed by atoms with E-state index in [1.54, 1.807) is 0 Å². The highest BCUT2D eigenvalue weighted by molar-refractivity contribution is 6.30. The fourth-order valence-corrected chi connectivity index (χ4v) is 2.32. The van der Waals surface area contributed by atoms with E-state index in [0.29, 0.717) is 6.04 Å². The van der Waals surface area contributed by atoms with Gasteiger partial charge in [0, 0.05) is 30.7 Å². The van der Waals surface area contributed by atoms with Crippen molar-refractivity contribution in [2.75, 3.05) is 20.1 Å². The second kappa shape index (κ2) is 4.97. The minimum absolute atomic E-state index is 0.657. The van der Waals surface area contributed by atoms with Crippen LogP contribution in [0.3, 0.4) is 0 Å². The Kier molecular flexibility index (Phi) is 3.62. The van der Waals surface area contributed by atoms with E-state index in [0.717, 1.165) is 18.1 Å². The molecule has 1 unspecified atom stereocenters. The Morgan fingerprint density at radius 1 is 1.53 bits per heavy atom. The monoisotopic (exact) mass is 224 g/mol. The number of hydrogen-bond acceptors (Lipinski definition) is 2. The first kappa shape index (κ1) is 10.9. The molecule has 0 aliphatic carbocycles. The summed E-state index contributed by atoms with van der Waals surface area (Å²) in [5, 5.41) is 4.15. The zero-order valence-corrected chi connectivity index (χ0v) is 9.80. The van der Waals surface area contributed by atoms with Crippen LogP contribution in [0.15, 0.2) is 24.3 Å². The fraction of sp³-hybridized carbons (Fsp3) is 0.500. The average molecular weight is 225 g/mol. The van der Waals surface area contributed by atoms with Crippen LogP contribution in [-0.4, -0.2) is 31.1 Å². The maximum atomic E-state index is 5.96. The third-order valence-corrected chi connectivity index (χ3v) is 3.21. The summed E-state index contributed by atoms with van der Waals surface area (Å²) in [6, 6.07) is 8.78. The van der Waals surface area contributed by atoms with Gasteiger partial charge in [-0.1, -0.05) is 23.7 Å². The van der Waals surface area contributed by atoms with Gasteiger partial charge in [-0.15, -0.1) is 0 Å². The van der Waals surface area contributed by atoms with Gasteiger partial charge < -0.3 is 5.32 Å². The summed E-state index contributed by atoms with van der Waals surface area (Å²) in [6.45, 7) is 3.33. The highest BCUT2D eigenvalue weighted by Crippen LogP contribution is 2.16.